The minimum atomic E-state index is -0.689. The van der Waals surface area contributed by atoms with Gasteiger partial charge in [0.15, 0.2) is 0 Å². The second-order valence-corrected chi connectivity index (χ2v) is 15.5. The van der Waals surface area contributed by atoms with Crippen molar-refractivity contribution in [3.05, 3.63) is 49.6 Å². The predicted molar refractivity (Wildman–Crippen MR) is 190 cm³/mol. The van der Waals surface area contributed by atoms with Crippen molar-refractivity contribution in [2.75, 3.05) is 77.1 Å². The molecule has 4 aliphatic rings. The first-order chi connectivity index (χ1) is 23.2. The van der Waals surface area contributed by atoms with E-state index in [0.717, 1.165) is 56.8 Å². The Morgan fingerprint density at radius 2 is 1.75 bits per heavy atom. The minimum absolute atomic E-state index is 0.0475. The van der Waals surface area contributed by atoms with Gasteiger partial charge in [0.25, 0.3) is 0 Å². The van der Waals surface area contributed by atoms with Crippen LogP contribution in [0.25, 0.3) is 0 Å². The van der Waals surface area contributed by atoms with Gasteiger partial charge in [-0.3, -0.25) is 19.3 Å². The number of fused-ring (bicyclic) bond motifs is 1. The van der Waals surface area contributed by atoms with E-state index in [2.05, 4.69) is 25.0 Å². The Morgan fingerprint density at radius 3 is 2.42 bits per heavy atom. The summed E-state index contributed by atoms with van der Waals surface area (Å²) in [5, 5.41) is 9.29. The molecule has 0 aliphatic carbocycles. The van der Waals surface area contributed by atoms with Gasteiger partial charge in [-0.05, 0) is 63.8 Å². The van der Waals surface area contributed by atoms with Gasteiger partial charge in [0.2, 0.25) is 17.7 Å². The quantitative estimate of drug-likeness (QED) is 0.183. The van der Waals surface area contributed by atoms with E-state index in [0.29, 0.717) is 58.8 Å². The molecule has 3 amide bonds. The molecule has 264 valence electrons. The van der Waals surface area contributed by atoms with Crippen LogP contribution in [0.4, 0.5) is 5.69 Å². The summed E-state index contributed by atoms with van der Waals surface area (Å²) in [6.45, 7) is 18.1. The number of rotatable bonds is 18. The summed E-state index contributed by atoms with van der Waals surface area (Å²) >= 11 is 1.71. The minimum Gasteiger partial charge on any atom is -0.494 e. The number of carbonyl (C=O) groups excluding carboxylic acids is 3. The van der Waals surface area contributed by atoms with Crippen molar-refractivity contribution in [1.82, 2.24) is 14.7 Å². The number of hydrogen-bond acceptors (Lipinski definition) is 8. The molecule has 2 bridgehead atoms. The van der Waals surface area contributed by atoms with Crippen LogP contribution in [0.5, 0.6) is 5.75 Å². The summed E-state index contributed by atoms with van der Waals surface area (Å²) < 4.78 is 9.99. The number of anilines is 1. The van der Waals surface area contributed by atoms with E-state index in [1.54, 1.807) is 28.8 Å². The Morgan fingerprint density at radius 1 is 1.04 bits per heavy atom. The van der Waals surface area contributed by atoms with Gasteiger partial charge in [-0.15, -0.1) is 24.9 Å². The maximum absolute atomic E-state index is 14.8. The average molecular weight is 683 g/mol. The van der Waals surface area contributed by atoms with Crippen molar-refractivity contribution < 1.29 is 29.0 Å². The number of carbonyl (C=O) groups is 3. The zero-order chi connectivity index (χ0) is 34.3. The van der Waals surface area contributed by atoms with E-state index in [1.165, 1.54) is 0 Å². The SMILES string of the molecule is C=CCN(CCN1CCOCC1)C(=O)C1N(CCCCCCO)C(=O)[C@@H]2[C@@H](C(=O)N(CC=C)c3ccc(OCC)cc3)[C@@]3(C)CCC12S3. The van der Waals surface area contributed by atoms with Gasteiger partial charge < -0.3 is 29.3 Å². The standard InChI is InChI=1S/C37H54N4O6S/c1-5-18-39(22-21-38-23-26-46-27-24-38)35(45)32-37-17-16-36(4,48-37)30(31(37)34(44)41(32)20-10-8-9-11-25-42)33(43)40(19-6-2)28-12-14-29(15-13-28)47-7-3/h5-6,12-15,30-32,42H,1-2,7-11,16-27H2,3-4H3/t30-,31-,32?,36+,37?/m0/s1. The van der Waals surface area contributed by atoms with Crippen molar-refractivity contribution >= 4 is 35.2 Å². The first-order valence-corrected chi connectivity index (χ1v) is 18.5. The Labute approximate surface area is 290 Å². The lowest BCUT2D eigenvalue weighted by Gasteiger charge is -2.38. The van der Waals surface area contributed by atoms with Crippen LogP contribution >= 0.6 is 11.8 Å². The lowest BCUT2D eigenvalue weighted by molar-refractivity contribution is -0.143. The van der Waals surface area contributed by atoms with E-state index in [4.69, 9.17) is 9.47 Å². The number of benzene rings is 1. The van der Waals surface area contributed by atoms with Crippen LogP contribution in [0.15, 0.2) is 49.6 Å². The van der Waals surface area contributed by atoms with Gasteiger partial charge in [-0.25, -0.2) is 0 Å². The normalized spacial score (nSPS) is 27.9. The molecule has 1 aromatic carbocycles. The summed E-state index contributed by atoms with van der Waals surface area (Å²) in [6, 6.07) is 6.84. The molecule has 4 aliphatic heterocycles. The predicted octanol–water partition coefficient (Wildman–Crippen LogP) is 3.99. The Hall–Kier alpha value is -2.86. The lowest BCUT2D eigenvalue weighted by Crippen LogP contribution is -2.56. The van der Waals surface area contributed by atoms with Crippen LogP contribution in [0, 0.1) is 11.8 Å². The molecule has 1 spiro atoms. The van der Waals surface area contributed by atoms with Gasteiger partial charge in [0.1, 0.15) is 11.8 Å². The highest BCUT2D eigenvalue weighted by Gasteiger charge is 2.77. The number of thioether (sulfide) groups is 1. The number of nitrogens with zero attached hydrogens (tertiary/aromatic N) is 4. The van der Waals surface area contributed by atoms with Crippen LogP contribution in [-0.2, 0) is 19.1 Å². The van der Waals surface area contributed by atoms with Gasteiger partial charge in [0.05, 0.1) is 36.4 Å². The van der Waals surface area contributed by atoms with Crippen LogP contribution in [0.3, 0.4) is 0 Å². The third kappa shape index (κ3) is 7.20. The molecule has 11 heteroatoms. The van der Waals surface area contributed by atoms with E-state index in [-0.39, 0.29) is 24.3 Å². The van der Waals surface area contributed by atoms with E-state index in [9.17, 15) is 19.5 Å². The molecule has 0 aromatic heterocycles. The summed E-state index contributed by atoms with van der Waals surface area (Å²) in [6.07, 6.45) is 8.12. The van der Waals surface area contributed by atoms with E-state index in [1.807, 2.05) is 41.0 Å². The summed E-state index contributed by atoms with van der Waals surface area (Å²) in [5.41, 5.74) is 0.729. The van der Waals surface area contributed by atoms with Crippen molar-refractivity contribution in [1.29, 1.82) is 0 Å². The number of hydrogen-bond donors (Lipinski definition) is 1. The zero-order valence-corrected chi connectivity index (χ0v) is 29.6. The number of unbranched alkanes of at least 4 members (excludes halogenated alkanes) is 3. The van der Waals surface area contributed by atoms with Crippen LogP contribution < -0.4 is 9.64 Å². The molecule has 5 rings (SSSR count). The van der Waals surface area contributed by atoms with Crippen LogP contribution in [0.2, 0.25) is 0 Å². The van der Waals surface area contributed by atoms with Crippen molar-refractivity contribution in [3.8, 4) is 5.75 Å². The molecule has 4 saturated heterocycles. The monoisotopic (exact) mass is 682 g/mol. The second-order valence-electron chi connectivity index (χ2n) is 13.6. The largest absolute Gasteiger partial charge is 0.494 e. The number of aliphatic hydroxyl groups is 1. The average Bonchev–Trinajstić information content (AvgIpc) is 3.66. The van der Waals surface area contributed by atoms with Crippen LogP contribution in [0.1, 0.15) is 52.4 Å². The van der Waals surface area contributed by atoms with Crippen molar-refractivity contribution in [2.45, 2.75) is 67.9 Å². The molecule has 2 unspecified atom stereocenters. The highest BCUT2D eigenvalue weighted by Crippen LogP contribution is 2.71. The van der Waals surface area contributed by atoms with Gasteiger partial charge in [0, 0.05) is 62.9 Å². The molecular weight excluding hydrogens is 628 g/mol. The maximum atomic E-state index is 14.8. The fourth-order valence-electron chi connectivity index (χ4n) is 8.28. The molecule has 4 fully saturated rings. The number of aliphatic hydroxyl groups excluding tert-OH is 1. The topological polar surface area (TPSA) is 103 Å². The Kier molecular flexibility index (Phi) is 12.3. The number of ether oxygens (including phenoxy) is 2. The summed E-state index contributed by atoms with van der Waals surface area (Å²) in [5.74, 6) is -0.671. The number of morpholine rings is 1. The molecule has 5 atom stereocenters. The smallest absolute Gasteiger partial charge is 0.247 e. The summed E-state index contributed by atoms with van der Waals surface area (Å²) in [4.78, 5) is 52.1. The van der Waals surface area contributed by atoms with E-state index >= 15 is 0 Å². The number of likely N-dealkylation sites (tertiary alicyclic amines) is 1. The fraction of sp³-hybridized carbons (Fsp3) is 0.649. The first kappa shape index (κ1) is 36.4. The number of amides is 3. The third-order valence-corrected chi connectivity index (χ3v) is 12.6. The molecule has 1 aromatic rings. The van der Waals surface area contributed by atoms with E-state index < -0.39 is 27.4 Å². The summed E-state index contributed by atoms with van der Waals surface area (Å²) in [7, 11) is 0. The molecule has 1 N–H and O–H groups in total. The van der Waals surface area contributed by atoms with Crippen LogP contribution in [-0.4, -0.2) is 125 Å². The Balaban J connectivity index is 1.46. The molecule has 4 heterocycles. The molecule has 0 saturated carbocycles. The lowest BCUT2D eigenvalue weighted by atomic mass is 9.66. The van der Waals surface area contributed by atoms with Gasteiger partial charge >= 0.3 is 0 Å². The zero-order valence-electron chi connectivity index (χ0n) is 28.8. The third-order valence-electron chi connectivity index (χ3n) is 10.6. The first-order valence-electron chi connectivity index (χ1n) is 17.7. The second kappa shape index (κ2) is 16.2. The molecule has 0 radical (unpaired) electrons. The molecule has 10 nitrogen and oxygen atoms in total. The molecule has 48 heavy (non-hydrogen) atoms. The van der Waals surface area contributed by atoms with Crippen molar-refractivity contribution in [2.24, 2.45) is 11.8 Å². The highest BCUT2D eigenvalue weighted by molar-refractivity contribution is 8.02. The maximum Gasteiger partial charge on any atom is 0.247 e. The molecular formula is C37H54N4O6S. The van der Waals surface area contributed by atoms with Gasteiger partial charge in [-0.1, -0.05) is 25.0 Å². The Bertz CT molecular complexity index is 1310. The van der Waals surface area contributed by atoms with Crippen molar-refractivity contribution in [3.63, 3.8) is 0 Å². The fourth-order valence-corrected chi connectivity index (χ4v) is 10.6. The van der Waals surface area contributed by atoms with Gasteiger partial charge in [-0.2, -0.15) is 0 Å². The highest BCUT2D eigenvalue weighted by atomic mass is 32.2.